The van der Waals surface area contributed by atoms with Gasteiger partial charge in [-0.05, 0) is 49.4 Å². The van der Waals surface area contributed by atoms with Gasteiger partial charge in [0.25, 0.3) is 10.0 Å². The van der Waals surface area contributed by atoms with Crippen LogP contribution in [-0.4, -0.2) is 68.0 Å². The average molecular weight is 537 g/mol. The van der Waals surface area contributed by atoms with E-state index in [1.807, 2.05) is 0 Å². The molecule has 2 aromatic carbocycles. The fourth-order valence-corrected chi connectivity index (χ4v) is 4.93. The lowest BCUT2D eigenvalue weighted by Crippen LogP contribution is -2.52. The second kappa shape index (κ2) is 11.4. The number of carbonyl (C=O) groups excluding carboxylic acids is 1. The van der Waals surface area contributed by atoms with Gasteiger partial charge < -0.3 is 19.9 Å². The molecule has 1 fully saturated rings. The van der Waals surface area contributed by atoms with Gasteiger partial charge in [0.05, 0.1) is 10.6 Å². The van der Waals surface area contributed by atoms with Crippen molar-refractivity contribution in [3.05, 3.63) is 67.1 Å². The molecule has 0 bridgehead atoms. The van der Waals surface area contributed by atoms with Gasteiger partial charge in [-0.2, -0.15) is 8.78 Å². The van der Waals surface area contributed by atoms with E-state index < -0.39 is 22.7 Å². The summed E-state index contributed by atoms with van der Waals surface area (Å²) in [4.78, 5) is 24.4. The number of nitrogens with zero attached hydrogens (tertiary/aromatic N) is 4. The molecule has 0 radical (unpaired) electrons. The van der Waals surface area contributed by atoms with Crippen LogP contribution < -0.4 is 19.7 Å². The molecule has 200 valence electrons. The number of carbonyl (C=O) groups is 1. The predicted molar refractivity (Wildman–Crippen MR) is 138 cm³/mol. The summed E-state index contributed by atoms with van der Waals surface area (Å²) >= 11 is 0. The smallest absolute Gasteiger partial charge is 0.387 e. The predicted octanol–water partition coefficient (Wildman–Crippen LogP) is 3.52. The van der Waals surface area contributed by atoms with Crippen molar-refractivity contribution in [1.29, 1.82) is 0 Å². The second-order valence-electron chi connectivity index (χ2n) is 8.25. The van der Waals surface area contributed by atoms with Crippen molar-refractivity contribution in [2.24, 2.45) is 0 Å². The van der Waals surface area contributed by atoms with Crippen molar-refractivity contribution in [3.63, 3.8) is 0 Å². The lowest BCUT2D eigenvalue weighted by Gasteiger charge is -2.37. The van der Waals surface area contributed by atoms with Gasteiger partial charge in [-0.1, -0.05) is 12.1 Å². The zero-order valence-corrected chi connectivity index (χ0v) is 20.7. The lowest BCUT2D eigenvalue weighted by atomic mass is 10.2. The topological polar surface area (TPSA) is 117 Å². The van der Waals surface area contributed by atoms with Crippen molar-refractivity contribution in [3.8, 4) is 5.75 Å². The summed E-state index contributed by atoms with van der Waals surface area (Å²) in [5.41, 5.74) is 1.14. The first-order valence-electron chi connectivity index (χ1n) is 11.5. The number of sulfonamides is 1. The van der Waals surface area contributed by atoms with E-state index in [-0.39, 0.29) is 25.2 Å². The number of hydrogen-bond acceptors (Lipinski definition) is 8. The summed E-state index contributed by atoms with van der Waals surface area (Å²) in [5, 5.41) is 2.96. The highest BCUT2D eigenvalue weighted by Crippen LogP contribution is 2.27. The highest BCUT2D eigenvalue weighted by Gasteiger charge is 2.26. The number of amides is 1. The van der Waals surface area contributed by atoms with Crippen LogP contribution in [0.4, 0.5) is 26.0 Å². The molecular formula is C24H30F2N6O4S. The molecule has 1 saturated heterocycles. The van der Waals surface area contributed by atoms with Gasteiger partial charge in [-0.3, -0.25) is 9.52 Å². The Balaban J connectivity index is 0.00000267. The molecule has 3 aromatic rings. The minimum Gasteiger partial charge on any atom is -0.433 e. The summed E-state index contributed by atoms with van der Waals surface area (Å²) in [5.74, 6) is -0.0166. The van der Waals surface area contributed by atoms with E-state index >= 15 is 0 Å². The van der Waals surface area contributed by atoms with Crippen molar-refractivity contribution in [1.82, 2.24) is 14.9 Å². The van der Waals surface area contributed by atoms with Crippen molar-refractivity contribution >= 4 is 33.1 Å². The number of halogens is 2. The summed E-state index contributed by atoms with van der Waals surface area (Å²) < 4.78 is 57.4. The van der Waals surface area contributed by atoms with Gasteiger partial charge in [-0.15, -0.1) is 0 Å². The van der Waals surface area contributed by atoms with E-state index in [0.29, 0.717) is 31.9 Å². The van der Waals surface area contributed by atoms with Crippen LogP contribution in [0.3, 0.4) is 0 Å². The molecule has 2 heterocycles. The molecule has 1 atom stereocenters. The number of rotatable bonds is 9. The number of para-hydroxylation sites is 2. The van der Waals surface area contributed by atoms with Crippen LogP contribution in [0.1, 0.15) is 9.78 Å². The largest absolute Gasteiger partial charge is 0.433 e. The quantitative estimate of drug-likeness (QED) is 0.427. The molecule has 4 rings (SSSR count). The maximum atomic E-state index is 13.0. The summed E-state index contributed by atoms with van der Waals surface area (Å²) in [7, 11) is -3.80. The van der Waals surface area contributed by atoms with E-state index in [0.717, 1.165) is 5.69 Å². The first-order chi connectivity index (χ1) is 17.7. The Kier molecular flexibility index (Phi) is 8.01. The molecular weight excluding hydrogens is 506 g/mol. The SMILES string of the molecule is CC(Nc1ccccc1OC(F)F)C(=O)N1CCN(c2ccc(S(=O)(=O)Nc3ccncn3)cc2)CC1.[HH].[HH]. The monoisotopic (exact) mass is 536 g/mol. The first-order valence-corrected chi connectivity index (χ1v) is 12.9. The van der Waals surface area contributed by atoms with Crippen LogP contribution in [0, 0.1) is 0 Å². The molecule has 0 saturated carbocycles. The molecule has 1 aliphatic rings. The molecule has 2 N–H and O–H groups in total. The van der Waals surface area contributed by atoms with Crippen LogP contribution in [0.25, 0.3) is 0 Å². The molecule has 10 nitrogen and oxygen atoms in total. The number of ether oxygens (including phenoxy) is 1. The third kappa shape index (κ3) is 6.61. The Morgan fingerprint density at radius 2 is 1.76 bits per heavy atom. The Labute approximate surface area is 216 Å². The third-order valence-corrected chi connectivity index (χ3v) is 7.14. The summed E-state index contributed by atoms with van der Waals surface area (Å²) in [6.07, 6.45) is 2.69. The zero-order chi connectivity index (χ0) is 26.4. The molecule has 1 amide bonds. The third-order valence-electron chi connectivity index (χ3n) is 5.77. The Morgan fingerprint density at radius 3 is 2.41 bits per heavy atom. The fourth-order valence-electron chi connectivity index (χ4n) is 3.92. The van der Waals surface area contributed by atoms with Gasteiger partial charge in [0.15, 0.2) is 0 Å². The number of aromatic nitrogens is 2. The number of nitrogens with one attached hydrogen (secondary N) is 2. The lowest BCUT2D eigenvalue weighted by molar-refractivity contribution is -0.131. The van der Waals surface area contributed by atoms with Crippen molar-refractivity contribution < 1.29 is 29.6 Å². The molecule has 37 heavy (non-hydrogen) atoms. The standard InChI is InChI=1S/C24H26F2N6O4S.2H2/c1-17(29-20-4-2-3-5-21(20)36-24(25)26)23(33)32-14-12-31(13-15-32)18-6-8-19(9-7-18)37(34,35)30-22-10-11-27-16-28-22;;/h2-11,16-17,24,29H,12-15H2,1H3,(H,27,28,30);2*1H. The van der Waals surface area contributed by atoms with Gasteiger partial charge in [-0.25, -0.2) is 18.4 Å². The van der Waals surface area contributed by atoms with Crippen molar-refractivity contribution in [2.45, 2.75) is 24.5 Å². The van der Waals surface area contributed by atoms with Crippen molar-refractivity contribution in [2.75, 3.05) is 41.1 Å². The first kappa shape index (κ1) is 26.1. The van der Waals surface area contributed by atoms with E-state index in [1.165, 1.54) is 36.8 Å². The van der Waals surface area contributed by atoms with E-state index in [9.17, 15) is 22.0 Å². The van der Waals surface area contributed by atoms with E-state index in [4.69, 9.17) is 0 Å². The van der Waals surface area contributed by atoms with E-state index in [1.54, 1.807) is 42.2 Å². The normalized spacial score (nSPS) is 14.8. The molecule has 1 aliphatic heterocycles. The fraction of sp³-hybridized carbons (Fsp3) is 0.292. The van der Waals surface area contributed by atoms with Gasteiger partial charge in [0, 0.05) is 40.9 Å². The van der Waals surface area contributed by atoms with Crippen LogP contribution >= 0.6 is 0 Å². The number of anilines is 3. The average Bonchev–Trinajstić information content (AvgIpc) is 2.89. The maximum Gasteiger partial charge on any atom is 0.387 e. The number of piperazine rings is 1. The van der Waals surface area contributed by atoms with Gasteiger partial charge in [0.2, 0.25) is 5.91 Å². The number of benzene rings is 2. The summed E-state index contributed by atoms with van der Waals surface area (Å²) in [6.45, 7) is 0.711. The molecule has 1 unspecified atom stereocenters. The van der Waals surface area contributed by atoms with Crippen LogP contribution in [-0.2, 0) is 14.8 Å². The minimum absolute atomic E-state index is 0. The summed E-state index contributed by atoms with van der Waals surface area (Å²) in [6, 6.07) is 13.5. The highest BCUT2D eigenvalue weighted by atomic mass is 32.2. The van der Waals surface area contributed by atoms with Gasteiger partial charge >= 0.3 is 6.61 Å². The molecule has 13 heteroatoms. The second-order valence-corrected chi connectivity index (χ2v) is 9.93. The Morgan fingerprint density at radius 1 is 1.05 bits per heavy atom. The zero-order valence-electron chi connectivity index (χ0n) is 19.9. The molecule has 1 aromatic heterocycles. The Bertz CT molecular complexity index is 1320. The Hall–Kier alpha value is -4.00. The van der Waals surface area contributed by atoms with Crippen LogP contribution in [0.2, 0.25) is 0 Å². The minimum atomic E-state index is -3.80. The van der Waals surface area contributed by atoms with Gasteiger partial charge in [0.1, 0.15) is 23.9 Å². The number of alkyl halides is 2. The molecule has 0 spiro atoms. The van der Waals surface area contributed by atoms with Crippen LogP contribution in [0.15, 0.2) is 72.0 Å². The maximum absolute atomic E-state index is 13.0. The highest BCUT2D eigenvalue weighted by molar-refractivity contribution is 7.92. The van der Waals surface area contributed by atoms with Crippen LogP contribution in [0.5, 0.6) is 5.75 Å². The number of hydrogen-bond donors (Lipinski definition) is 2. The van der Waals surface area contributed by atoms with E-state index in [2.05, 4.69) is 29.6 Å². The molecule has 0 aliphatic carbocycles.